The van der Waals surface area contributed by atoms with Gasteiger partial charge in [-0.3, -0.25) is 5.10 Å². The molecular formula is C12H14ClN3O3. The molecule has 0 radical (unpaired) electrons. The lowest BCUT2D eigenvalue weighted by Crippen LogP contribution is -1.97. The van der Waals surface area contributed by atoms with Crippen molar-refractivity contribution in [3.05, 3.63) is 17.2 Å². The number of hydrogen-bond donors (Lipinski definition) is 2. The Bertz CT molecular complexity index is 598. The maximum atomic E-state index is 6.26. The van der Waals surface area contributed by atoms with Crippen LogP contribution in [0, 0.1) is 0 Å². The number of halogens is 1. The Morgan fingerprint density at radius 3 is 2.26 bits per heavy atom. The molecule has 1 heterocycles. The molecule has 0 aliphatic rings. The van der Waals surface area contributed by atoms with E-state index in [-0.39, 0.29) is 0 Å². The van der Waals surface area contributed by atoms with Gasteiger partial charge < -0.3 is 19.9 Å². The second-order valence-electron chi connectivity index (χ2n) is 3.71. The summed E-state index contributed by atoms with van der Waals surface area (Å²) in [6.45, 7) is 0. The first-order chi connectivity index (χ1) is 9.12. The van der Waals surface area contributed by atoms with Gasteiger partial charge in [-0.05, 0) is 6.07 Å². The zero-order valence-corrected chi connectivity index (χ0v) is 11.5. The minimum absolute atomic E-state index is 0.326. The molecule has 0 spiro atoms. The second-order valence-corrected chi connectivity index (χ2v) is 4.09. The molecule has 7 heteroatoms. The highest BCUT2D eigenvalue weighted by Gasteiger charge is 2.21. The summed E-state index contributed by atoms with van der Waals surface area (Å²) in [6, 6.07) is 3.43. The summed E-state index contributed by atoms with van der Waals surface area (Å²) in [6.07, 6.45) is 0. The zero-order valence-electron chi connectivity index (χ0n) is 10.8. The lowest BCUT2D eigenvalue weighted by atomic mass is 10.1. The highest BCUT2D eigenvalue weighted by molar-refractivity contribution is 6.34. The molecule has 0 amide bonds. The van der Waals surface area contributed by atoms with Gasteiger partial charge in [0, 0.05) is 11.6 Å². The van der Waals surface area contributed by atoms with Gasteiger partial charge in [0.2, 0.25) is 0 Å². The molecule has 1 aromatic carbocycles. The molecule has 102 valence electrons. The van der Waals surface area contributed by atoms with E-state index in [9.17, 15) is 0 Å². The number of benzene rings is 1. The fourth-order valence-corrected chi connectivity index (χ4v) is 2.16. The Balaban J connectivity index is 2.69. The van der Waals surface area contributed by atoms with Gasteiger partial charge in [0.05, 0.1) is 27.0 Å². The van der Waals surface area contributed by atoms with Gasteiger partial charge in [0.25, 0.3) is 0 Å². The molecule has 3 N–H and O–H groups in total. The third-order valence-corrected chi connectivity index (χ3v) is 3.00. The van der Waals surface area contributed by atoms with Gasteiger partial charge in [-0.2, -0.15) is 5.10 Å². The van der Waals surface area contributed by atoms with Crippen molar-refractivity contribution in [2.45, 2.75) is 0 Å². The van der Waals surface area contributed by atoms with Gasteiger partial charge in [-0.15, -0.1) is 0 Å². The molecule has 0 aliphatic heterocycles. The Labute approximate surface area is 115 Å². The van der Waals surface area contributed by atoms with Crippen LogP contribution < -0.4 is 19.9 Å². The van der Waals surface area contributed by atoms with Crippen molar-refractivity contribution in [3.8, 4) is 28.5 Å². The predicted molar refractivity (Wildman–Crippen MR) is 73.1 cm³/mol. The molecule has 6 nitrogen and oxygen atoms in total. The molecule has 19 heavy (non-hydrogen) atoms. The van der Waals surface area contributed by atoms with E-state index in [0.29, 0.717) is 39.3 Å². The normalized spacial score (nSPS) is 10.3. The number of rotatable bonds is 4. The van der Waals surface area contributed by atoms with E-state index in [2.05, 4.69) is 10.2 Å². The number of H-pyrrole nitrogens is 1. The number of anilines is 1. The summed E-state index contributed by atoms with van der Waals surface area (Å²) in [5.41, 5.74) is 6.97. The van der Waals surface area contributed by atoms with Crippen LogP contribution in [0.2, 0.25) is 5.02 Å². The highest BCUT2D eigenvalue weighted by Crippen LogP contribution is 2.47. The van der Waals surface area contributed by atoms with Crippen molar-refractivity contribution in [2.24, 2.45) is 0 Å². The fourth-order valence-electron chi connectivity index (χ4n) is 1.81. The average Bonchev–Trinajstić information content (AvgIpc) is 2.84. The molecule has 0 aliphatic carbocycles. The van der Waals surface area contributed by atoms with Gasteiger partial charge in [0.15, 0.2) is 17.2 Å². The molecular weight excluding hydrogens is 270 g/mol. The summed E-state index contributed by atoms with van der Waals surface area (Å²) in [5, 5.41) is 7.01. The van der Waals surface area contributed by atoms with Crippen LogP contribution >= 0.6 is 11.6 Å². The topological polar surface area (TPSA) is 82.4 Å². The number of nitrogens with one attached hydrogen (secondary N) is 1. The van der Waals surface area contributed by atoms with Crippen LogP contribution in [-0.4, -0.2) is 31.5 Å². The number of aromatic nitrogens is 2. The average molecular weight is 284 g/mol. The minimum Gasteiger partial charge on any atom is -0.494 e. The maximum Gasteiger partial charge on any atom is 0.183 e. The van der Waals surface area contributed by atoms with Crippen molar-refractivity contribution in [1.29, 1.82) is 0 Å². The smallest absolute Gasteiger partial charge is 0.183 e. The molecule has 2 aromatic rings. The standard InChI is InChI=1S/C12H14ClN3O3/c1-17-8-4-6(7-5-9(14)16-15-7)11(18-2)10(13)12(8)19-3/h4-5H,1-3H3,(H3,14,15,16). The number of nitrogen functional groups attached to an aromatic ring is 1. The molecule has 2 rings (SSSR count). The second kappa shape index (κ2) is 5.27. The summed E-state index contributed by atoms with van der Waals surface area (Å²) >= 11 is 6.26. The summed E-state index contributed by atoms with van der Waals surface area (Å²) < 4.78 is 15.8. The van der Waals surface area contributed by atoms with Crippen LogP contribution in [-0.2, 0) is 0 Å². The van der Waals surface area contributed by atoms with E-state index in [1.165, 1.54) is 21.3 Å². The molecule has 0 saturated heterocycles. The lowest BCUT2D eigenvalue weighted by molar-refractivity contribution is 0.350. The van der Waals surface area contributed by atoms with E-state index in [4.69, 9.17) is 31.5 Å². The summed E-state index contributed by atoms with van der Waals surface area (Å²) in [7, 11) is 4.57. The molecule has 0 atom stereocenters. The van der Waals surface area contributed by atoms with E-state index in [1.807, 2.05) is 0 Å². The number of ether oxygens (including phenoxy) is 3. The molecule has 0 bridgehead atoms. The largest absolute Gasteiger partial charge is 0.494 e. The van der Waals surface area contributed by atoms with Crippen molar-refractivity contribution in [2.75, 3.05) is 27.1 Å². The van der Waals surface area contributed by atoms with Crippen LogP contribution in [0.25, 0.3) is 11.3 Å². The summed E-state index contributed by atoms with van der Waals surface area (Å²) in [4.78, 5) is 0. The van der Waals surface area contributed by atoms with E-state index in [1.54, 1.807) is 12.1 Å². The van der Waals surface area contributed by atoms with E-state index >= 15 is 0 Å². The maximum absolute atomic E-state index is 6.26. The monoisotopic (exact) mass is 283 g/mol. The van der Waals surface area contributed by atoms with E-state index in [0.717, 1.165) is 0 Å². The van der Waals surface area contributed by atoms with Crippen molar-refractivity contribution >= 4 is 17.4 Å². The number of aromatic amines is 1. The SMILES string of the molecule is COc1cc(-c2cc(N)n[nH]2)c(OC)c(Cl)c1OC. The van der Waals surface area contributed by atoms with Gasteiger partial charge >= 0.3 is 0 Å². The van der Waals surface area contributed by atoms with E-state index < -0.39 is 0 Å². The van der Waals surface area contributed by atoms with Crippen LogP contribution in [0.5, 0.6) is 17.2 Å². The number of methoxy groups -OCH3 is 3. The van der Waals surface area contributed by atoms with Crippen molar-refractivity contribution in [1.82, 2.24) is 10.2 Å². The molecule has 0 unspecified atom stereocenters. The number of nitrogens with zero attached hydrogens (tertiary/aromatic N) is 1. The first-order valence-electron chi connectivity index (χ1n) is 5.42. The lowest BCUT2D eigenvalue weighted by Gasteiger charge is -2.15. The Kier molecular flexibility index (Phi) is 3.71. The Morgan fingerprint density at radius 1 is 1.11 bits per heavy atom. The molecule has 1 aromatic heterocycles. The van der Waals surface area contributed by atoms with Crippen LogP contribution in [0.15, 0.2) is 12.1 Å². The Hall–Kier alpha value is -2.08. The third-order valence-electron chi connectivity index (χ3n) is 2.66. The van der Waals surface area contributed by atoms with Gasteiger partial charge in [0.1, 0.15) is 10.8 Å². The number of hydrogen-bond acceptors (Lipinski definition) is 5. The quantitative estimate of drug-likeness (QED) is 0.900. The molecule has 0 saturated carbocycles. The van der Waals surface area contributed by atoms with Crippen LogP contribution in [0.3, 0.4) is 0 Å². The summed E-state index contributed by atoms with van der Waals surface area (Å²) in [5.74, 6) is 1.75. The highest BCUT2D eigenvalue weighted by atomic mass is 35.5. The van der Waals surface area contributed by atoms with Crippen LogP contribution in [0.1, 0.15) is 0 Å². The van der Waals surface area contributed by atoms with Gasteiger partial charge in [-0.25, -0.2) is 0 Å². The number of nitrogens with two attached hydrogens (primary N) is 1. The van der Waals surface area contributed by atoms with Crippen molar-refractivity contribution in [3.63, 3.8) is 0 Å². The fraction of sp³-hybridized carbons (Fsp3) is 0.250. The van der Waals surface area contributed by atoms with Crippen molar-refractivity contribution < 1.29 is 14.2 Å². The Morgan fingerprint density at radius 2 is 1.79 bits per heavy atom. The molecule has 0 fully saturated rings. The first-order valence-corrected chi connectivity index (χ1v) is 5.79. The minimum atomic E-state index is 0.326. The third kappa shape index (κ3) is 2.26. The van der Waals surface area contributed by atoms with Crippen LogP contribution in [0.4, 0.5) is 5.82 Å². The zero-order chi connectivity index (χ0) is 14.0. The predicted octanol–water partition coefficient (Wildman–Crippen LogP) is 2.34. The first kappa shape index (κ1) is 13.4. The van der Waals surface area contributed by atoms with Gasteiger partial charge in [-0.1, -0.05) is 11.6 Å².